The Morgan fingerprint density at radius 2 is 1.88 bits per heavy atom. The van der Waals surface area contributed by atoms with E-state index >= 15 is 0 Å². The lowest BCUT2D eigenvalue weighted by molar-refractivity contribution is -0.163. The number of fused-ring (bicyclic) bond motifs is 5. The predicted octanol–water partition coefficient (Wildman–Crippen LogP) is 2.60. The summed E-state index contributed by atoms with van der Waals surface area (Å²) in [6.07, 6.45) is 9.17. The molecule has 4 nitrogen and oxygen atoms in total. The first-order valence-corrected chi connectivity index (χ1v) is 10.0. The number of aliphatic hydroxyl groups excluding tert-OH is 2. The number of ketones is 1. The van der Waals surface area contributed by atoms with Crippen LogP contribution in [0.2, 0.25) is 0 Å². The molecule has 3 saturated carbocycles. The second-order valence-corrected chi connectivity index (χ2v) is 9.59. The normalized spacial score (nSPS) is 52.0. The molecule has 0 aromatic carbocycles. The maximum absolute atomic E-state index is 12.3. The van der Waals surface area contributed by atoms with Crippen molar-refractivity contribution in [3.05, 3.63) is 11.6 Å². The molecular weight excluding hydrogens is 316 g/mol. The van der Waals surface area contributed by atoms with Crippen molar-refractivity contribution in [3.63, 3.8) is 0 Å². The Bertz CT molecular complexity index is 613. The van der Waals surface area contributed by atoms with Gasteiger partial charge >= 0.3 is 0 Å². The van der Waals surface area contributed by atoms with Crippen LogP contribution in [0.4, 0.5) is 0 Å². The van der Waals surface area contributed by atoms with E-state index in [1.54, 1.807) is 0 Å². The lowest BCUT2D eigenvalue weighted by Gasteiger charge is -2.58. The maximum atomic E-state index is 12.3. The second-order valence-electron chi connectivity index (χ2n) is 9.59. The van der Waals surface area contributed by atoms with Gasteiger partial charge in [0.15, 0.2) is 5.78 Å². The summed E-state index contributed by atoms with van der Waals surface area (Å²) in [5.74, 6) is 1.04. The number of Topliss-reactive ketones (excluding diaryl/α,β-unsaturated/α-hetero) is 1. The van der Waals surface area contributed by atoms with E-state index in [0.29, 0.717) is 24.2 Å². The fraction of sp³-hybridized carbons (Fsp3) is 0.857. The molecule has 0 aromatic heterocycles. The van der Waals surface area contributed by atoms with E-state index < -0.39 is 23.4 Å². The zero-order chi connectivity index (χ0) is 18.0. The standard InChI is InChI=1S/C21H32O4/c1-19-8-5-14(23)11-13(19)3-4-15-16(19)6-9-20(2)17(15)7-10-21(20,25)18(24)12-22/h3,14-17,22-23,25H,4-12H2,1-2H3/t14-,15+,16-,17+,19-,20+,21-/m0/s1. The maximum Gasteiger partial charge on any atom is 0.190 e. The van der Waals surface area contributed by atoms with E-state index in [2.05, 4.69) is 19.9 Å². The third kappa shape index (κ3) is 2.20. The van der Waals surface area contributed by atoms with Crippen molar-refractivity contribution >= 4 is 5.78 Å². The van der Waals surface area contributed by atoms with Crippen LogP contribution in [-0.2, 0) is 4.79 Å². The van der Waals surface area contributed by atoms with Crippen LogP contribution >= 0.6 is 0 Å². The predicted molar refractivity (Wildman–Crippen MR) is 94.8 cm³/mol. The third-order valence-corrected chi connectivity index (χ3v) is 8.83. The molecule has 3 N–H and O–H groups in total. The monoisotopic (exact) mass is 348 g/mol. The topological polar surface area (TPSA) is 77.8 Å². The fourth-order valence-electron chi connectivity index (χ4n) is 7.25. The smallest absolute Gasteiger partial charge is 0.190 e. The van der Waals surface area contributed by atoms with Crippen LogP contribution in [-0.4, -0.2) is 39.4 Å². The largest absolute Gasteiger partial charge is 0.393 e. The quantitative estimate of drug-likeness (QED) is 0.670. The van der Waals surface area contributed by atoms with Gasteiger partial charge in [-0.25, -0.2) is 0 Å². The van der Waals surface area contributed by atoms with Crippen LogP contribution in [0.3, 0.4) is 0 Å². The molecule has 0 aliphatic heterocycles. The molecule has 0 spiro atoms. The van der Waals surface area contributed by atoms with Crippen molar-refractivity contribution in [1.29, 1.82) is 0 Å². The van der Waals surface area contributed by atoms with Gasteiger partial charge in [-0.15, -0.1) is 0 Å². The highest BCUT2D eigenvalue weighted by Crippen LogP contribution is 2.67. The minimum atomic E-state index is -1.36. The van der Waals surface area contributed by atoms with Crippen molar-refractivity contribution in [2.24, 2.45) is 28.6 Å². The van der Waals surface area contributed by atoms with Crippen LogP contribution in [0.15, 0.2) is 11.6 Å². The minimum absolute atomic E-state index is 0.172. The van der Waals surface area contributed by atoms with Gasteiger partial charge in [0.2, 0.25) is 0 Å². The second kappa shape index (κ2) is 5.64. The third-order valence-electron chi connectivity index (χ3n) is 8.83. The lowest BCUT2D eigenvalue weighted by atomic mass is 9.46. The number of hydrogen-bond acceptors (Lipinski definition) is 4. The Kier molecular flexibility index (Phi) is 3.99. The van der Waals surface area contributed by atoms with Crippen molar-refractivity contribution in [2.45, 2.75) is 76.9 Å². The van der Waals surface area contributed by atoms with Crippen LogP contribution in [0.5, 0.6) is 0 Å². The van der Waals surface area contributed by atoms with E-state index in [4.69, 9.17) is 0 Å². The van der Waals surface area contributed by atoms with E-state index in [0.717, 1.165) is 44.9 Å². The molecule has 0 radical (unpaired) electrons. The highest BCUT2D eigenvalue weighted by atomic mass is 16.3. The molecule has 0 heterocycles. The van der Waals surface area contributed by atoms with Crippen molar-refractivity contribution in [1.82, 2.24) is 0 Å². The Hall–Kier alpha value is -0.710. The number of hydrogen-bond donors (Lipinski definition) is 3. The van der Waals surface area contributed by atoms with Gasteiger partial charge in [-0.1, -0.05) is 25.5 Å². The first-order chi connectivity index (χ1) is 11.8. The molecule has 4 rings (SSSR count). The van der Waals surface area contributed by atoms with Crippen molar-refractivity contribution < 1.29 is 20.1 Å². The Morgan fingerprint density at radius 3 is 2.60 bits per heavy atom. The number of allylic oxidation sites excluding steroid dienone is 1. The number of aliphatic hydroxyl groups is 3. The molecule has 4 aliphatic carbocycles. The SMILES string of the molecule is C[C@]12CC[C@H](O)CC1=CC[C@H]1[C@H]3CC[C@](O)(C(=O)CO)[C@]3(C)CC[C@@H]12. The number of carbonyl (C=O) groups excluding carboxylic acids is 1. The van der Waals surface area contributed by atoms with Gasteiger partial charge in [-0.3, -0.25) is 4.79 Å². The van der Waals surface area contributed by atoms with E-state index in [9.17, 15) is 20.1 Å². The molecule has 140 valence electrons. The molecule has 4 heteroatoms. The molecule has 7 atom stereocenters. The molecule has 0 bridgehead atoms. The minimum Gasteiger partial charge on any atom is -0.393 e. The van der Waals surface area contributed by atoms with Crippen molar-refractivity contribution in [2.75, 3.05) is 6.61 Å². The summed E-state index contributed by atoms with van der Waals surface area (Å²) in [7, 11) is 0. The van der Waals surface area contributed by atoms with Gasteiger partial charge < -0.3 is 15.3 Å². The van der Waals surface area contributed by atoms with Gasteiger partial charge in [-0.05, 0) is 74.5 Å². The first kappa shape index (κ1) is 17.7. The molecule has 4 aliphatic rings. The van der Waals surface area contributed by atoms with E-state index in [-0.39, 0.29) is 11.5 Å². The van der Waals surface area contributed by atoms with Crippen molar-refractivity contribution in [3.8, 4) is 0 Å². The van der Waals surface area contributed by atoms with E-state index in [1.165, 1.54) is 5.57 Å². The zero-order valence-electron chi connectivity index (χ0n) is 15.5. The summed E-state index contributed by atoms with van der Waals surface area (Å²) in [6.45, 7) is 3.90. The van der Waals surface area contributed by atoms with Crippen LogP contribution in [0.1, 0.15) is 65.2 Å². The average Bonchev–Trinajstić information content (AvgIpc) is 2.87. The van der Waals surface area contributed by atoms with Crippen LogP contribution in [0, 0.1) is 28.6 Å². The Labute approximate surface area is 150 Å². The average molecular weight is 348 g/mol. The summed E-state index contributed by atoms with van der Waals surface area (Å²) >= 11 is 0. The van der Waals surface area contributed by atoms with E-state index in [1.807, 2.05) is 0 Å². The summed E-state index contributed by atoms with van der Waals surface area (Å²) in [5.41, 5.74) is -0.157. The summed E-state index contributed by atoms with van der Waals surface area (Å²) in [4.78, 5) is 12.3. The molecule has 0 aromatic rings. The molecule has 0 saturated heterocycles. The van der Waals surface area contributed by atoms with Gasteiger partial charge in [0.05, 0.1) is 6.10 Å². The number of rotatable bonds is 2. The highest BCUT2D eigenvalue weighted by molar-refractivity contribution is 5.89. The Morgan fingerprint density at radius 1 is 1.16 bits per heavy atom. The zero-order valence-corrected chi connectivity index (χ0v) is 15.5. The first-order valence-electron chi connectivity index (χ1n) is 10.0. The fourth-order valence-corrected chi connectivity index (χ4v) is 7.25. The Balaban J connectivity index is 1.68. The van der Waals surface area contributed by atoms with Gasteiger partial charge in [-0.2, -0.15) is 0 Å². The van der Waals surface area contributed by atoms with Crippen LogP contribution in [0.25, 0.3) is 0 Å². The highest BCUT2D eigenvalue weighted by Gasteiger charge is 2.65. The molecular formula is C21H32O4. The summed E-state index contributed by atoms with van der Waals surface area (Å²) in [6, 6.07) is 0. The molecule has 3 fully saturated rings. The molecule has 0 amide bonds. The summed E-state index contributed by atoms with van der Waals surface area (Å²) < 4.78 is 0. The molecule has 0 unspecified atom stereocenters. The summed E-state index contributed by atoms with van der Waals surface area (Å²) in [5, 5.41) is 30.6. The van der Waals surface area contributed by atoms with Gasteiger partial charge in [0.25, 0.3) is 0 Å². The van der Waals surface area contributed by atoms with Gasteiger partial charge in [0, 0.05) is 5.41 Å². The van der Waals surface area contributed by atoms with Crippen LogP contribution < -0.4 is 0 Å². The van der Waals surface area contributed by atoms with Gasteiger partial charge in [0.1, 0.15) is 12.2 Å². The lowest BCUT2D eigenvalue weighted by Crippen LogP contribution is -2.58. The molecule has 25 heavy (non-hydrogen) atoms. The number of carbonyl (C=O) groups is 1.